The molecule has 0 fully saturated rings. The zero-order valence-corrected chi connectivity index (χ0v) is 10.1. The van der Waals surface area contributed by atoms with E-state index in [0.717, 1.165) is 19.3 Å². The topological polar surface area (TPSA) is 56.7 Å². The summed E-state index contributed by atoms with van der Waals surface area (Å²) in [4.78, 5) is 4.09. The normalized spacial score (nSPS) is 12.6. The van der Waals surface area contributed by atoms with Crippen LogP contribution in [0, 0.1) is 0 Å². The minimum atomic E-state index is 0.175. The van der Waals surface area contributed by atoms with Crippen LogP contribution in [0.4, 0.5) is 0 Å². The van der Waals surface area contributed by atoms with Gasteiger partial charge in [-0.3, -0.25) is 9.67 Å². The molecule has 0 saturated heterocycles. The first-order valence-corrected chi connectivity index (χ1v) is 5.87. The lowest BCUT2D eigenvalue weighted by Crippen LogP contribution is -2.24. The van der Waals surface area contributed by atoms with Gasteiger partial charge < -0.3 is 5.73 Å². The van der Waals surface area contributed by atoms with Gasteiger partial charge in [-0.15, -0.1) is 0 Å². The molecule has 1 atom stereocenters. The van der Waals surface area contributed by atoms with Gasteiger partial charge in [0, 0.05) is 37.4 Å². The highest BCUT2D eigenvalue weighted by Crippen LogP contribution is 2.07. The van der Waals surface area contributed by atoms with Crippen molar-refractivity contribution in [3.8, 4) is 0 Å². The minimum absolute atomic E-state index is 0.175. The highest BCUT2D eigenvalue weighted by atomic mass is 15.2. The van der Waals surface area contributed by atoms with Crippen LogP contribution in [0.3, 0.4) is 0 Å². The van der Waals surface area contributed by atoms with Gasteiger partial charge in [-0.05, 0) is 37.0 Å². The number of rotatable bonds is 5. The van der Waals surface area contributed by atoms with Gasteiger partial charge in [-0.2, -0.15) is 5.10 Å². The van der Waals surface area contributed by atoms with Gasteiger partial charge in [0.15, 0.2) is 0 Å². The SMILES string of the molecule is Cn1nccc1CCC(N)Cc1cccnc1. The van der Waals surface area contributed by atoms with Crippen molar-refractivity contribution in [1.82, 2.24) is 14.8 Å². The molecule has 0 aromatic carbocycles. The van der Waals surface area contributed by atoms with Gasteiger partial charge in [0.05, 0.1) is 0 Å². The first kappa shape index (κ1) is 11.8. The van der Waals surface area contributed by atoms with E-state index in [1.165, 1.54) is 11.3 Å². The fraction of sp³-hybridized carbons (Fsp3) is 0.385. The Kier molecular flexibility index (Phi) is 3.88. The molecule has 0 aliphatic carbocycles. The molecule has 4 nitrogen and oxygen atoms in total. The van der Waals surface area contributed by atoms with Crippen LogP contribution < -0.4 is 5.73 Å². The molecule has 0 saturated carbocycles. The molecule has 2 aromatic rings. The molecule has 2 heterocycles. The predicted molar refractivity (Wildman–Crippen MR) is 67.4 cm³/mol. The second kappa shape index (κ2) is 5.59. The Morgan fingerprint density at radius 1 is 1.35 bits per heavy atom. The average molecular weight is 230 g/mol. The molecule has 1 unspecified atom stereocenters. The van der Waals surface area contributed by atoms with Crippen LogP contribution in [0.1, 0.15) is 17.7 Å². The van der Waals surface area contributed by atoms with Crippen LogP contribution in [-0.2, 0) is 19.9 Å². The third kappa shape index (κ3) is 3.39. The Bertz CT molecular complexity index is 449. The number of aryl methyl sites for hydroxylation is 2. The van der Waals surface area contributed by atoms with Crippen molar-refractivity contribution in [3.05, 3.63) is 48.0 Å². The van der Waals surface area contributed by atoms with Crippen molar-refractivity contribution in [1.29, 1.82) is 0 Å². The number of nitrogens with zero attached hydrogens (tertiary/aromatic N) is 3. The first-order chi connectivity index (χ1) is 8.25. The summed E-state index contributed by atoms with van der Waals surface area (Å²) < 4.78 is 1.90. The van der Waals surface area contributed by atoms with E-state index in [1.54, 1.807) is 6.20 Å². The van der Waals surface area contributed by atoms with Crippen LogP contribution in [0.15, 0.2) is 36.8 Å². The van der Waals surface area contributed by atoms with Crippen molar-refractivity contribution >= 4 is 0 Å². The van der Waals surface area contributed by atoms with E-state index in [9.17, 15) is 0 Å². The summed E-state index contributed by atoms with van der Waals surface area (Å²) in [5, 5.41) is 4.14. The average Bonchev–Trinajstić information content (AvgIpc) is 2.74. The maximum atomic E-state index is 6.11. The fourth-order valence-electron chi connectivity index (χ4n) is 1.90. The maximum absolute atomic E-state index is 6.11. The molecule has 0 aliphatic heterocycles. The minimum Gasteiger partial charge on any atom is -0.327 e. The fourth-order valence-corrected chi connectivity index (χ4v) is 1.90. The van der Waals surface area contributed by atoms with E-state index in [0.29, 0.717) is 0 Å². The van der Waals surface area contributed by atoms with E-state index in [2.05, 4.69) is 16.1 Å². The van der Waals surface area contributed by atoms with Gasteiger partial charge >= 0.3 is 0 Å². The van der Waals surface area contributed by atoms with Crippen LogP contribution in [0.5, 0.6) is 0 Å². The predicted octanol–water partition coefficient (Wildman–Crippen LogP) is 1.32. The van der Waals surface area contributed by atoms with E-state index < -0.39 is 0 Å². The molecule has 0 spiro atoms. The van der Waals surface area contributed by atoms with Gasteiger partial charge in [-0.25, -0.2) is 0 Å². The molecule has 90 valence electrons. The summed E-state index contributed by atoms with van der Waals surface area (Å²) in [6, 6.07) is 6.23. The second-order valence-corrected chi connectivity index (χ2v) is 4.31. The van der Waals surface area contributed by atoms with Crippen LogP contribution in [0.2, 0.25) is 0 Å². The Hall–Kier alpha value is -1.68. The first-order valence-electron chi connectivity index (χ1n) is 5.87. The van der Waals surface area contributed by atoms with E-state index in [4.69, 9.17) is 5.73 Å². The lowest BCUT2D eigenvalue weighted by atomic mass is 10.0. The van der Waals surface area contributed by atoms with Crippen molar-refractivity contribution in [3.63, 3.8) is 0 Å². The maximum Gasteiger partial charge on any atom is 0.0492 e. The Morgan fingerprint density at radius 2 is 2.24 bits per heavy atom. The summed E-state index contributed by atoms with van der Waals surface area (Å²) in [5.41, 5.74) is 8.54. The quantitative estimate of drug-likeness (QED) is 0.842. The molecular formula is C13H18N4. The van der Waals surface area contributed by atoms with Crippen molar-refractivity contribution < 1.29 is 0 Å². The Balaban J connectivity index is 1.82. The third-order valence-electron chi connectivity index (χ3n) is 2.91. The molecule has 2 rings (SSSR count). The summed E-state index contributed by atoms with van der Waals surface area (Å²) in [5.74, 6) is 0. The molecule has 2 N–H and O–H groups in total. The molecule has 0 bridgehead atoms. The number of hydrogen-bond donors (Lipinski definition) is 1. The zero-order valence-electron chi connectivity index (χ0n) is 10.1. The van der Waals surface area contributed by atoms with E-state index in [1.807, 2.05) is 36.3 Å². The Labute approximate surface area is 101 Å². The summed E-state index contributed by atoms with van der Waals surface area (Å²) in [6.45, 7) is 0. The molecule has 0 aliphatic rings. The summed E-state index contributed by atoms with van der Waals surface area (Å²) >= 11 is 0. The summed E-state index contributed by atoms with van der Waals surface area (Å²) in [7, 11) is 1.96. The van der Waals surface area contributed by atoms with Gasteiger partial charge in [0.2, 0.25) is 0 Å². The molecular weight excluding hydrogens is 212 g/mol. The van der Waals surface area contributed by atoms with Crippen LogP contribution in [-0.4, -0.2) is 20.8 Å². The van der Waals surface area contributed by atoms with Crippen molar-refractivity contribution in [2.24, 2.45) is 12.8 Å². The molecule has 0 amide bonds. The number of pyridine rings is 1. The Morgan fingerprint density at radius 3 is 2.88 bits per heavy atom. The van der Waals surface area contributed by atoms with E-state index >= 15 is 0 Å². The highest BCUT2D eigenvalue weighted by molar-refractivity contribution is 5.10. The monoisotopic (exact) mass is 230 g/mol. The van der Waals surface area contributed by atoms with Crippen LogP contribution >= 0.6 is 0 Å². The smallest absolute Gasteiger partial charge is 0.0492 e. The van der Waals surface area contributed by atoms with Crippen LogP contribution in [0.25, 0.3) is 0 Å². The van der Waals surface area contributed by atoms with Crippen molar-refractivity contribution in [2.75, 3.05) is 0 Å². The lowest BCUT2D eigenvalue weighted by Gasteiger charge is -2.11. The van der Waals surface area contributed by atoms with Crippen molar-refractivity contribution in [2.45, 2.75) is 25.3 Å². The number of nitrogens with two attached hydrogens (primary N) is 1. The largest absolute Gasteiger partial charge is 0.327 e. The van der Waals surface area contributed by atoms with Gasteiger partial charge in [-0.1, -0.05) is 6.07 Å². The van der Waals surface area contributed by atoms with E-state index in [-0.39, 0.29) is 6.04 Å². The molecule has 17 heavy (non-hydrogen) atoms. The standard InChI is InChI=1S/C13H18N4/c1-17-13(6-8-16-17)5-4-12(14)9-11-3-2-7-15-10-11/h2-3,6-8,10,12H,4-5,9,14H2,1H3. The third-order valence-corrected chi connectivity index (χ3v) is 2.91. The summed E-state index contributed by atoms with van der Waals surface area (Å²) in [6.07, 6.45) is 8.30. The zero-order chi connectivity index (χ0) is 12.1. The number of hydrogen-bond acceptors (Lipinski definition) is 3. The highest BCUT2D eigenvalue weighted by Gasteiger charge is 2.06. The van der Waals surface area contributed by atoms with Gasteiger partial charge in [0.25, 0.3) is 0 Å². The number of aromatic nitrogens is 3. The molecule has 0 radical (unpaired) electrons. The molecule has 4 heteroatoms. The lowest BCUT2D eigenvalue weighted by molar-refractivity contribution is 0.586. The van der Waals surface area contributed by atoms with Gasteiger partial charge in [0.1, 0.15) is 0 Å². The molecule has 2 aromatic heterocycles. The second-order valence-electron chi connectivity index (χ2n) is 4.31.